The Morgan fingerprint density at radius 2 is 1.70 bits per heavy atom. The van der Waals surface area contributed by atoms with Crippen molar-refractivity contribution >= 4 is 27.1 Å². The van der Waals surface area contributed by atoms with Crippen LogP contribution in [-0.2, 0) is 16.4 Å². The van der Waals surface area contributed by atoms with Crippen molar-refractivity contribution in [1.29, 1.82) is 0 Å². The van der Waals surface area contributed by atoms with Gasteiger partial charge in [0.25, 0.3) is 0 Å². The quantitative estimate of drug-likeness (QED) is 0.752. The zero-order valence-electron chi connectivity index (χ0n) is 11.1. The summed E-state index contributed by atoms with van der Waals surface area (Å²) in [5, 5.41) is 8.30. The summed E-state index contributed by atoms with van der Waals surface area (Å²) in [6, 6.07) is 12.5. The average molecular weight is 291 g/mol. The van der Waals surface area contributed by atoms with Crippen molar-refractivity contribution in [3.8, 4) is 0 Å². The highest BCUT2D eigenvalue weighted by atomic mass is 32.2. The minimum absolute atomic E-state index is 0.0727. The van der Waals surface area contributed by atoms with Crippen LogP contribution in [0.5, 0.6) is 0 Å². The van der Waals surface area contributed by atoms with E-state index in [0.29, 0.717) is 5.69 Å². The van der Waals surface area contributed by atoms with Crippen molar-refractivity contribution in [1.82, 2.24) is 0 Å². The van der Waals surface area contributed by atoms with Gasteiger partial charge in [-0.1, -0.05) is 31.2 Å². The predicted octanol–water partition coefficient (Wildman–Crippen LogP) is 2.22. The molecular formula is C14H17N3O2S. The molecule has 0 amide bonds. The molecule has 20 heavy (non-hydrogen) atoms. The first-order chi connectivity index (χ1) is 9.43. The van der Waals surface area contributed by atoms with Crippen molar-refractivity contribution in [3.05, 3.63) is 48.0 Å². The van der Waals surface area contributed by atoms with E-state index in [1.807, 2.05) is 31.2 Å². The van der Waals surface area contributed by atoms with Gasteiger partial charge in [0, 0.05) is 5.69 Å². The van der Waals surface area contributed by atoms with E-state index >= 15 is 0 Å². The Kier molecular flexibility index (Phi) is 3.96. The maximum atomic E-state index is 11.5. The zero-order valence-corrected chi connectivity index (χ0v) is 11.9. The lowest BCUT2D eigenvalue weighted by Gasteiger charge is -2.14. The SMILES string of the molecule is CCc1ccccc1Nc1cccc(S(N)(=O)=O)c1N. The van der Waals surface area contributed by atoms with Crippen LogP contribution in [0, 0.1) is 0 Å². The molecule has 0 unspecified atom stereocenters. The number of benzene rings is 2. The molecule has 0 aromatic heterocycles. The fourth-order valence-electron chi connectivity index (χ4n) is 2.00. The third-order valence-corrected chi connectivity index (χ3v) is 4.01. The Balaban J connectivity index is 2.45. The zero-order chi connectivity index (χ0) is 14.8. The molecule has 2 aromatic rings. The second-order valence-corrected chi connectivity index (χ2v) is 5.93. The van der Waals surface area contributed by atoms with Gasteiger partial charge in [-0.3, -0.25) is 0 Å². The maximum absolute atomic E-state index is 11.5. The number of nitrogen functional groups attached to an aromatic ring is 1. The molecule has 0 atom stereocenters. The highest BCUT2D eigenvalue weighted by Gasteiger charge is 2.15. The number of aryl methyl sites for hydroxylation is 1. The molecule has 2 aromatic carbocycles. The van der Waals surface area contributed by atoms with Crippen molar-refractivity contribution in [2.24, 2.45) is 5.14 Å². The van der Waals surface area contributed by atoms with Gasteiger partial charge in [-0.05, 0) is 30.2 Å². The number of rotatable bonds is 4. The lowest BCUT2D eigenvalue weighted by molar-refractivity contribution is 0.598. The molecule has 6 heteroatoms. The Labute approximate surface area is 118 Å². The number of nitrogens with one attached hydrogen (secondary N) is 1. The highest BCUT2D eigenvalue weighted by molar-refractivity contribution is 7.89. The number of para-hydroxylation sites is 2. The fourth-order valence-corrected chi connectivity index (χ4v) is 2.68. The molecule has 0 aliphatic heterocycles. The molecule has 5 nitrogen and oxygen atoms in total. The number of hydrogen-bond acceptors (Lipinski definition) is 4. The van der Waals surface area contributed by atoms with Crippen LogP contribution in [0.2, 0.25) is 0 Å². The van der Waals surface area contributed by atoms with E-state index < -0.39 is 10.0 Å². The molecule has 2 rings (SSSR count). The summed E-state index contributed by atoms with van der Waals surface area (Å²) in [4.78, 5) is -0.0727. The van der Waals surface area contributed by atoms with Gasteiger partial charge in [-0.2, -0.15) is 0 Å². The van der Waals surface area contributed by atoms with E-state index in [1.165, 1.54) is 6.07 Å². The predicted molar refractivity (Wildman–Crippen MR) is 81.3 cm³/mol. The van der Waals surface area contributed by atoms with Gasteiger partial charge in [0.15, 0.2) is 0 Å². The number of nitrogens with two attached hydrogens (primary N) is 2. The van der Waals surface area contributed by atoms with E-state index in [9.17, 15) is 8.42 Å². The number of sulfonamides is 1. The summed E-state index contributed by atoms with van der Waals surface area (Å²) in [5.41, 5.74) is 8.55. The minimum Gasteiger partial charge on any atom is -0.396 e. The van der Waals surface area contributed by atoms with Gasteiger partial charge >= 0.3 is 0 Å². The van der Waals surface area contributed by atoms with Crippen LogP contribution in [0.3, 0.4) is 0 Å². The number of anilines is 3. The minimum atomic E-state index is -3.83. The Bertz CT molecular complexity index is 727. The van der Waals surface area contributed by atoms with Gasteiger partial charge in [0.05, 0.1) is 11.4 Å². The molecule has 0 spiro atoms. The number of hydrogen-bond donors (Lipinski definition) is 3. The fraction of sp³-hybridized carbons (Fsp3) is 0.143. The molecule has 0 heterocycles. The normalized spacial score (nSPS) is 11.3. The molecule has 0 radical (unpaired) electrons. The molecule has 0 aliphatic carbocycles. The molecule has 0 fully saturated rings. The van der Waals surface area contributed by atoms with Crippen molar-refractivity contribution in [2.45, 2.75) is 18.2 Å². The second kappa shape index (κ2) is 5.52. The largest absolute Gasteiger partial charge is 0.396 e. The summed E-state index contributed by atoms with van der Waals surface area (Å²) >= 11 is 0. The molecule has 0 saturated carbocycles. The summed E-state index contributed by atoms with van der Waals surface area (Å²) < 4.78 is 22.9. The van der Waals surface area contributed by atoms with Crippen LogP contribution in [0.25, 0.3) is 0 Å². The summed E-state index contributed by atoms with van der Waals surface area (Å²) in [7, 11) is -3.83. The van der Waals surface area contributed by atoms with Gasteiger partial charge in [0.1, 0.15) is 4.90 Å². The first-order valence-corrected chi connectivity index (χ1v) is 7.74. The lowest BCUT2D eigenvalue weighted by Crippen LogP contribution is -2.15. The Hall–Kier alpha value is -2.05. The van der Waals surface area contributed by atoms with Crippen LogP contribution in [0.1, 0.15) is 12.5 Å². The van der Waals surface area contributed by atoms with Crippen molar-refractivity contribution < 1.29 is 8.42 Å². The maximum Gasteiger partial charge on any atom is 0.240 e. The Morgan fingerprint density at radius 3 is 2.35 bits per heavy atom. The van der Waals surface area contributed by atoms with Gasteiger partial charge in [-0.15, -0.1) is 0 Å². The first-order valence-electron chi connectivity index (χ1n) is 6.19. The average Bonchev–Trinajstić information content (AvgIpc) is 2.40. The summed E-state index contributed by atoms with van der Waals surface area (Å²) in [5.74, 6) is 0. The van der Waals surface area contributed by atoms with Crippen LogP contribution in [-0.4, -0.2) is 8.42 Å². The van der Waals surface area contributed by atoms with Crippen LogP contribution < -0.4 is 16.2 Å². The third-order valence-electron chi connectivity index (χ3n) is 3.04. The van der Waals surface area contributed by atoms with Crippen LogP contribution >= 0.6 is 0 Å². The highest BCUT2D eigenvalue weighted by Crippen LogP contribution is 2.29. The van der Waals surface area contributed by atoms with Crippen molar-refractivity contribution in [3.63, 3.8) is 0 Å². The van der Waals surface area contributed by atoms with Gasteiger partial charge < -0.3 is 11.1 Å². The lowest BCUT2D eigenvalue weighted by atomic mass is 10.1. The van der Waals surface area contributed by atoms with E-state index in [-0.39, 0.29) is 10.6 Å². The van der Waals surface area contributed by atoms with E-state index in [2.05, 4.69) is 5.32 Å². The standard InChI is InChI=1S/C14H17N3O2S/c1-2-10-6-3-4-7-11(10)17-12-8-5-9-13(14(12)15)20(16,18)19/h3-9,17H,2,15H2,1H3,(H2,16,18,19). The van der Waals surface area contributed by atoms with Gasteiger partial charge in [-0.25, -0.2) is 13.6 Å². The molecule has 0 bridgehead atoms. The number of primary sulfonamides is 1. The van der Waals surface area contributed by atoms with E-state index in [0.717, 1.165) is 17.7 Å². The molecule has 0 saturated heterocycles. The smallest absolute Gasteiger partial charge is 0.240 e. The Morgan fingerprint density at radius 1 is 1.05 bits per heavy atom. The second-order valence-electron chi connectivity index (χ2n) is 4.40. The topological polar surface area (TPSA) is 98.2 Å². The van der Waals surface area contributed by atoms with Gasteiger partial charge in [0.2, 0.25) is 10.0 Å². The van der Waals surface area contributed by atoms with E-state index in [4.69, 9.17) is 10.9 Å². The van der Waals surface area contributed by atoms with E-state index in [1.54, 1.807) is 12.1 Å². The monoisotopic (exact) mass is 291 g/mol. The van der Waals surface area contributed by atoms with Crippen LogP contribution in [0.4, 0.5) is 17.1 Å². The first kappa shape index (κ1) is 14.4. The van der Waals surface area contributed by atoms with Crippen LogP contribution in [0.15, 0.2) is 47.4 Å². The molecule has 106 valence electrons. The summed E-state index contributed by atoms with van der Waals surface area (Å²) in [6.45, 7) is 2.05. The molecular weight excluding hydrogens is 274 g/mol. The third kappa shape index (κ3) is 2.92. The molecule has 5 N–H and O–H groups in total. The molecule has 0 aliphatic rings. The van der Waals surface area contributed by atoms with Crippen molar-refractivity contribution in [2.75, 3.05) is 11.1 Å². The summed E-state index contributed by atoms with van der Waals surface area (Å²) in [6.07, 6.45) is 0.859.